The van der Waals surface area contributed by atoms with E-state index in [1.165, 1.54) is 6.42 Å². The first-order valence-electron chi connectivity index (χ1n) is 9.91. The fraction of sp³-hybridized carbons (Fsp3) is 0.900. The van der Waals surface area contributed by atoms with Crippen molar-refractivity contribution in [2.45, 2.75) is 69.5 Å². The van der Waals surface area contributed by atoms with Gasteiger partial charge in [-0.05, 0) is 48.5 Å². The lowest BCUT2D eigenvalue weighted by Crippen LogP contribution is -2.68. The number of hydrogen-bond acceptors (Lipinski definition) is 4. The van der Waals surface area contributed by atoms with Crippen LogP contribution in [0.2, 0.25) is 0 Å². The van der Waals surface area contributed by atoms with Gasteiger partial charge in [0, 0.05) is 34.7 Å². The summed E-state index contributed by atoms with van der Waals surface area (Å²) < 4.78 is 0. The van der Waals surface area contributed by atoms with Crippen LogP contribution < -0.4 is 0 Å². The molecule has 130 valence electrons. The lowest BCUT2D eigenvalue weighted by Gasteiger charge is -2.66. The smallest absolute Gasteiger partial charge is 0.113 e. The third-order valence-electron chi connectivity index (χ3n) is 10.5. The molecule has 13 atom stereocenters. The maximum Gasteiger partial charge on any atom is 0.113 e. The van der Waals surface area contributed by atoms with Gasteiger partial charge in [-0.1, -0.05) is 19.9 Å². The molecular formula is C20H27NO3. The van der Waals surface area contributed by atoms with Crippen molar-refractivity contribution in [3.8, 4) is 0 Å². The van der Waals surface area contributed by atoms with Crippen LogP contribution in [0.15, 0.2) is 12.2 Å². The maximum absolute atomic E-state index is 11.3. The Morgan fingerprint density at radius 3 is 2.71 bits per heavy atom. The molecular weight excluding hydrogens is 302 g/mol. The molecule has 2 spiro atoms. The average molecular weight is 329 g/mol. The second-order valence-electron chi connectivity index (χ2n) is 10.5. The van der Waals surface area contributed by atoms with Crippen molar-refractivity contribution in [3.63, 3.8) is 0 Å². The molecule has 9 bridgehead atoms. The summed E-state index contributed by atoms with van der Waals surface area (Å²) in [5.41, 5.74) is 0.861. The van der Waals surface area contributed by atoms with Gasteiger partial charge < -0.3 is 15.3 Å². The van der Waals surface area contributed by atoms with Crippen molar-refractivity contribution in [3.05, 3.63) is 12.2 Å². The molecule has 6 saturated carbocycles. The van der Waals surface area contributed by atoms with Crippen LogP contribution in [-0.2, 0) is 0 Å². The number of rotatable bonds is 0. The number of fused-ring (bicyclic) bond motifs is 1. The van der Waals surface area contributed by atoms with Gasteiger partial charge in [0.15, 0.2) is 0 Å². The van der Waals surface area contributed by atoms with Crippen LogP contribution in [0, 0.1) is 39.9 Å². The SMILES string of the molecule is C=C1[C@H]2C[C@H]3[C@H]4N5C6CC3(C([C@H]2O)C42CCC[C@@](C)(C5O)C62)[C@@H]1O. The molecule has 9 rings (SSSR count). The Labute approximate surface area is 142 Å². The Morgan fingerprint density at radius 1 is 1.12 bits per heavy atom. The van der Waals surface area contributed by atoms with E-state index in [9.17, 15) is 15.3 Å². The number of piperidine rings is 2. The van der Waals surface area contributed by atoms with Crippen LogP contribution in [-0.4, -0.2) is 50.7 Å². The van der Waals surface area contributed by atoms with E-state index in [4.69, 9.17) is 0 Å². The molecule has 9 fully saturated rings. The highest BCUT2D eigenvalue weighted by Gasteiger charge is 2.91. The Balaban J connectivity index is 1.55. The van der Waals surface area contributed by atoms with Crippen LogP contribution in [0.3, 0.4) is 0 Å². The van der Waals surface area contributed by atoms with Crippen LogP contribution >= 0.6 is 0 Å². The van der Waals surface area contributed by atoms with E-state index in [2.05, 4.69) is 18.4 Å². The minimum absolute atomic E-state index is 0.0145. The van der Waals surface area contributed by atoms with Gasteiger partial charge in [0.05, 0.1) is 12.2 Å². The number of hydrogen-bond donors (Lipinski definition) is 3. The molecule has 7 unspecified atom stereocenters. The molecule has 6 aliphatic carbocycles. The summed E-state index contributed by atoms with van der Waals surface area (Å²) in [6.45, 7) is 6.49. The molecule has 4 nitrogen and oxygen atoms in total. The summed E-state index contributed by atoms with van der Waals surface area (Å²) in [6.07, 6.45) is 4.30. The molecule has 9 aliphatic rings. The van der Waals surface area contributed by atoms with Gasteiger partial charge in [0.25, 0.3) is 0 Å². The van der Waals surface area contributed by atoms with Crippen molar-refractivity contribution in [1.29, 1.82) is 0 Å². The first-order valence-corrected chi connectivity index (χ1v) is 9.91. The van der Waals surface area contributed by atoms with Crippen molar-refractivity contribution in [2.75, 3.05) is 0 Å². The summed E-state index contributed by atoms with van der Waals surface area (Å²) in [4.78, 5) is 2.47. The van der Waals surface area contributed by atoms with Gasteiger partial charge in [-0.3, -0.25) is 4.90 Å². The molecule has 0 amide bonds. The van der Waals surface area contributed by atoms with Crippen molar-refractivity contribution in [2.24, 2.45) is 39.9 Å². The lowest BCUT2D eigenvalue weighted by atomic mass is 9.39. The Bertz CT molecular complexity index is 709. The number of nitrogens with zero attached hydrogens (tertiary/aromatic N) is 1. The largest absolute Gasteiger partial charge is 0.392 e. The van der Waals surface area contributed by atoms with E-state index in [-0.39, 0.29) is 40.4 Å². The summed E-state index contributed by atoms with van der Waals surface area (Å²) in [6, 6.07) is 0.795. The Morgan fingerprint density at radius 2 is 1.92 bits per heavy atom. The van der Waals surface area contributed by atoms with Crippen LogP contribution in [0.25, 0.3) is 0 Å². The van der Waals surface area contributed by atoms with Crippen LogP contribution in [0.4, 0.5) is 0 Å². The fourth-order valence-electron chi connectivity index (χ4n) is 10.5. The maximum atomic E-state index is 11.3. The zero-order valence-electron chi connectivity index (χ0n) is 14.2. The standard InChI is InChI=1S/C20H27NO3/c1-8-9-6-10-15-19-5-3-4-18(2)13(19)11(21(15)17(18)24)7-20(10,16(8)23)14(19)12(9)22/h9-17,22-24H,1,3-7H2,2H3/t9-,10+,11?,12+,13?,14?,15-,16-,17?,18-,19?,20?/m1/s1. The Hall–Kier alpha value is -0.420. The third kappa shape index (κ3) is 0.903. The highest BCUT2D eigenvalue weighted by Crippen LogP contribution is 2.87. The van der Waals surface area contributed by atoms with E-state index < -0.39 is 6.10 Å². The second kappa shape index (κ2) is 3.40. The molecule has 3 saturated heterocycles. The van der Waals surface area contributed by atoms with E-state index in [0.717, 1.165) is 31.3 Å². The normalized spacial score (nSPS) is 76.1. The molecule has 0 aromatic heterocycles. The highest BCUT2D eigenvalue weighted by atomic mass is 16.3. The minimum Gasteiger partial charge on any atom is -0.392 e. The van der Waals surface area contributed by atoms with Gasteiger partial charge in [-0.2, -0.15) is 0 Å². The van der Waals surface area contributed by atoms with Crippen LogP contribution in [0.1, 0.15) is 39.0 Å². The Kier molecular flexibility index (Phi) is 1.95. The zero-order valence-corrected chi connectivity index (χ0v) is 14.2. The summed E-state index contributed by atoms with van der Waals surface area (Å²) in [7, 11) is 0. The summed E-state index contributed by atoms with van der Waals surface area (Å²) in [5.74, 6) is 1.24. The molecule has 0 aromatic carbocycles. The third-order valence-corrected chi connectivity index (χ3v) is 10.5. The van der Waals surface area contributed by atoms with Gasteiger partial charge in [0.2, 0.25) is 0 Å². The highest BCUT2D eigenvalue weighted by molar-refractivity contribution is 5.44. The first-order chi connectivity index (χ1) is 11.4. The molecule has 24 heavy (non-hydrogen) atoms. The second-order valence-corrected chi connectivity index (χ2v) is 10.5. The zero-order chi connectivity index (χ0) is 16.4. The molecule has 4 heteroatoms. The van der Waals surface area contributed by atoms with Gasteiger partial charge in [-0.15, -0.1) is 0 Å². The molecule has 0 radical (unpaired) electrons. The fourth-order valence-corrected chi connectivity index (χ4v) is 10.5. The number of aliphatic hydroxyl groups is 3. The quantitative estimate of drug-likeness (QED) is 0.583. The van der Waals surface area contributed by atoms with Crippen LogP contribution in [0.5, 0.6) is 0 Å². The predicted octanol–water partition coefficient (Wildman–Crippen LogP) is 1.11. The van der Waals surface area contributed by atoms with Crippen molar-refractivity contribution >= 4 is 0 Å². The number of aliphatic hydroxyl groups excluding tert-OH is 3. The first kappa shape index (κ1) is 13.7. The summed E-state index contributed by atoms with van der Waals surface area (Å²) >= 11 is 0. The monoisotopic (exact) mass is 329 g/mol. The van der Waals surface area contributed by atoms with Gasteiger partial charge >= 0.3 is 0 Å². The minimum atomic E-state index is -0.439. The lowest BCUT2D eigenvalue weighted by molar-refractivity contribution is -0.214. The predicted molar refractivity (Wildman–Crippen MR) is 86.6 cm³/mol. The van der Waals surface area contributed by atoms with Gasteiger partial charge in [0.1, 0.15) is 6.23 Å². The summed E-state index contributed by atoms with van der Waals surface area (Å²) in [5, 5.41) is 33.8. The van der Waals surface area contributed by atoms with E-state index >= 15 is 0 Å². The molecule has 3 aliphatic heterocycles. The molecule has 3 N–H and O–H groups in total. The molecule has 0 aromatic rings. The molecule has 3 heterocycles. The van der Waals surface area contributed by atoms with E-state index in [1.807, 2.05) is 0 Å². The van der Waals surface area contributed by atoms with E-state index in [0.29, 0.717) is 23.9 Å². The topological polar surface area (TPSA) is 63.9 Å². The van der Waals surface area contributed by atoms with Crippen molar-refractivity contribution in [1.82, 2.24) is 4.90 Å². The van der Waals surface area contributed by atoms with Gasteiger partial charge in [-0.25, -0.2) is 0 Å². The van der Waals surface area contributed by atoms with E-state index in [1.54, 1.807) is 0 Å². The van der Waals surface area contributed by atoms with Crippen molar-refractivity contribution < 1.29 is 15.3 Å². The average Bonchev–Trinajstić information content (AvgIpc) is 2.94.